The number of pyridine rings is 12. The summed E-state index contributed by atoms with van der Waals surface area (Å²) in [6, 6.07) is 69.1. The summed E-state index contributed by atoms with van der Waals surface area (Å²) < 4.78 is 112. The number of halogens is 15. The molecule has 0 spiro atoms. The second-order valence-electron chi connectivity index (χ2n) is 17.3. The van der Waals surface area contributed by atoms with Gasteiger partial charge in [-0.25, -0.2) is 116 Å². The van der Waals surface area contributed by atoms with E-state index in [9.17, 15) is 0 Å². The third kappa shape index (κ3) is 45.4. The van der Waals surface area contributed by atoms with Gasteiger partial charge >= 0.3 is 51.2 Å². The Morgan fingerprint density at radius 3 is 0.255 bits per heavy atom. The van der Waals surface area contributed by atoms with Gasteiger partial charge in [0.05, 0.1) is 68.3 Å². The van der Waals surface area contributed by atoms with Gasteiger partial charge in [0.2, 0.25) is 0 Å². The van der Waals surface area contributed by atoms with E-state index in [0.29, 0.717) is 0 Å². The molecule has 0 atom stereocenters. The molecule has 42 heteroatoms. The molecular formula is C60H36Br12Cl3Cu3N12O12. The molecule has 12 rings (SSSR count). The summed E-state index contributed by atoms with van der Waals surface area (Å²) in [7, 11) is -14.8. The molecule has 0 unspecified atom stereocenters. The summed E-state index contributed by atoms with van der Waals surface area (Å²) in [6.45, 7) is 0. The molecule has 0 aromatic carbocycles. The first-order chi connectivity index (χ1) is 46.5. The largest absolute Gasteiger partial charge is 1.00 e. The van der Waals surface area contributed by atoms with Gasteiger partial charge in [0.15, 0.2) is 0 Å². The van der Waals surface area contributed by atoms with E-state index in [1.165, 1.54) is 0 Å². The average molecular weight is 2370 g/mol. The first-order valence-corrected chi connectivity index (χ1v) is 39.1. The molecule has 0 fully saturated rings. The van der Waals surface area contributed by atoms with Crippen molar-refractivity contribution in [3.05, 3.63) is 274 Å². The van der Waals surface area contributed by atoms with Crippen molar-refractivity contribution in [1.82, 2.24) is 59.8 Å². The van der Waals surface area contributed by atoms with Crippen LogP contribution in [0.25, 0.3) is 68.3 Å². The van der Waals surface area contributed by atoms with Crippen LogP contribution in [-0.2, 0) is 51.2 Å². The van der Waals surface area contributed by atoms with Crippen molar-refractivity contribution < 1.29 is 138 Å². The second-order valence-corrected chi connectivity index (χ2v) is 29.3. The molecule has 0 saturated carbocycles. The summed E-state index contributed by atoms with van der Waals surface area (Å²) >= 11 is 39.9. The minimum atomic E-state index is -4.94. The molecule has 546 valence electrons. The van der Waals surface area contributed by atoms with Crippen molar-refractivity contribution in [3.8, 4) is 68.3 Å². The van der Waals surface area contributed by atoms with Gasteiger partial charge in [-0.1, -0.05) is 72.8 Å². The van der Waals surface area contributed by atoms with Gasteiger partial charge < -0.3 is 0 Å². The summed E-state index contributed by atoms with van der Waals surface area (Å²) in [5.41, 5.74) is 10.3. The monoisotopic (exact) mass is 2360 g/mol. The van der Waals surface area contributed by atoms with Crippen LogP contribution in [0.2, 0.25) is 0 Å². The predicted octanol–water partition coefficient (Wildman–Crippen LogP) is 7.74. The van der Waals surface area contributed by atoms with Crippen LogP contribution >= 0.6 is 191 Å². The molecule has 0 saturated heterocycles. The maximum atomic E-state index is 8.49. The second kappa shape index (κ2) is 51.0. The zero-order chi connectivity index (χ0) is 73.3. The Morgan fingerprint density at radius 2 is 0.206 bits per heavy atom. The number of nitrogens with zero attached hydrogens (tertiary/aromatic N) is 12. The van der Waals surface area contributed by atoms with Crippen LogP contribution in [0.5, 0.6) is 0 Å². The van der Waals surface area contributed by atoms with Crippen LogP contribution in [0.4, 0.5) is 0 Å². The van der Waals surface area contributed by atoms with Gasteiger partial charge in [0, 0.05) is 0 Å². The molecule has 0 amide bonds. The van der Waals surface area contributed by atoms with Crippen LogP contribution in [0.1, 0.15) is 0 Å². The van der Waals surface area contributed by atoms with Crippen LogP contribution in [0.3, 0.4) is 0 Å². The maximum Gasteiger partial charge on any atom is 1.00 e. The van der Waals surface area contributed by atoms with Gasteiger partial charge in [-0.05, 0) is 337 Å². The molecule has 0 radical (unpaired) electrons. The molecule has 0 bridgehead atoms. The molecule has 0 N–H and O–H groups in total. The topological polar surface area (TPSA) is 431 Å². The SMILES string of the molecule is Brc1cccc(-c2cccc(Br)n2)n1.Brc1cccc(-c2cccc(Br)n2)n1.Brc1cccc(-c2cccc(Br)n2)n1.Brc1cccc(-c2cccc(Br)n2)n1.Brc1cccc(-c2cccc(Br)n2)n1.Brc1cccc(-c2cccc(Br)n2)n1.[Cu+].[Cu+].[Cu+].[O-][Cl+3]([O-])([O-])[O-].[O-][Cl+3]([O-])([O-])[O-].[O-][Cl+3]([O-])([O-])[O-]. The quantitative estimate of drug-likeness (QED) is 0.113. The number of aromatic nitrogens is 12. The Kier molecular flexibility index (Phi) is 48.8. The van der Waals surface area contributed by atoms with Crippen molar-refractivity contribution in [1.29, 1.82) is 0 Å². The Balaban J connectivity index is 0.000000585. The third-order valence-corrected chi connectivity index (χ3v) is 15.5. The number of hydrogen-bond donors (Lipinski definition) is 0. The first kappa shape index (κ1) is 97.5. The minimum absolute atomic E-state index is 0. The molecule has 12 heterocycles. The van der Waals surface area contributed by atoms with E-state index >= 15 is 0 Å². The van der Waals surface area contributed by atoms with Crippen LogP contribution < -0.4 is 55.9 Å². The van der Waals surface area contributed by atoms with Crippen molar-refractivity contribution in [2.24, 2.45) is 0 Å². The van der Waals surface area contributed by atoms with E-state index in [0.717, 1.165) is 124 Å². The van der Waals surface area contributed by atoms with Gasteiger partial charge in [-0.3, -0.25) is 0 Å². The van der Waals surface area contributed by atoms with Crippen molar-refractivity contribution in [3.63, 3.8) is 0 Å². The van der Waals surface area contributed by atoms with Crippen molar-refractivity contribution in [2.75, 3.05) is 0 Å². The van der Waals surface area contributed by atoms with Gasteiger partial charge in [0.1, 0.15) is 55.2 Å². The number of rotatable bonds is 6. The van der Waals surface area contributed by atoms with E-state index in [-0.39, 0.29) is 51.2 Å². The fourth-order valence-corrected chi connectivity index (χ4v) is 10.7. The van der Waals surface area contributed by atoms with E-state index < -0.39 is 30.7 Å². The zero-order valence-electron chi connectivity index (χ0n) is 49.6. The van der Waals surface area contributed by atoms with E-state index in [2.05, 4.69) is 251 Å². The Bertz CT molecular complexity index is 3520. The van der Waals surface area contributed by atoms with Gasteiger partial charge in [0.25, 0.3) is 0 Å². The van der Waals surface area contributed by atoms with Crippen LogP contribution in [0.15, 0.2) is 274 Å². The molecule has 0 aliphatic carbocycles. The normalized spacial score (nSPS) is 10.1. The zero-order valence-corrected chi connectivity index (χ0v) is 73.7. The van der Waals surface area contributed by atoms with Gasteiger partial charge in [-0.15, -0.1) is 30.7 Å². The molecule has 0 aliphatic heterocycles. The Morgan fingerprint density at radius 1 is 0.147 bits per heavy atom. The standard InChI is InChI=1S/6C10H6Br2N2.3ClHO4.3Cu/c6*11-9-5-1-3-7(13-9)8-4-2-6-10(12)14-8;3*2-1(3,4)5;;;/h6*1-6H;3*(H,2,3,4,5);;;/q;;;;;;;;;3*+1/p-3. The number of hydrogen-bond acceptors (Lipinski definition) is 24. The third-order valence-electron chi connectivity index (χ3n) is 10.2. The van der Waals surface area contributed by atoms with Crippen LogP contribution in [-0.4, -0.2) is 59.8 Å². The summed E-state index contributed by atoms with van der Waals surface area (Å²) in [6.07, 6.45) is 0. The molecule has 12 aromatic heterocycles. The van der Waals surface area contributed by atoms with Crippen molar-refractivity contribution >= 4 is 191 Å². The molecule has 12 aromatic rings. The smallest absolute Gasteiger partial charge is 0.239 e. The Hall–Kier alpha value is -2.49. The van der Waals surface area contributed by atoms with Crippen LogP contribution in [0, 0.1) is 30.7 Å². The van der Waals surface area contributed by atoms with Gasteiger partial charge in [-0.2, -0.15) is 0 Å². The molecule has 0 aliphatic rings. The van der Waals surface area contributed by atoms with E-state index in [4.69, 9.17) is 55.9 Å². The molecular weight excluding hydrogens is 2340 g/mol. The Labute approximate surface area is 721 Å². The summed E-state index contributed by atoms with van der Waals surface area (Å²) in [5, 5.41) is 0. The summed E-state index contributed by atoms with van der Waals surface area (Å²) in [5.74, 6) is 0. The van der Waals surface area contributed by atoms with E-state index in [1.54, 1.807) is 0 Å². The fourth-order valence-electron chi connectivity index (χ4n) is 6.61. The maximum absolute atomic E-state index is 8.49. The van der Waals surface area contributed by atoms with Crippen molar-refractivity contribution in [2.45, 2.75) is 0 Å². The minimum Gasteiger partial charge on any atom is -0.239 e. The average Bonchev–Trinajstić information content (AvgIpc) is 0.900. The molecule has 24 nitrogen and oxygen atoms in total. The fraction of sp³-hybridized carbons (Fsp3) is 0. The predicted molar refractivity (Wildman–Crippen MR) is 377 cm³/mol. The van der Waals surface area contributed by atoms with E-state index in [1.807, 2.05) is 218 Å². The molecule has 102 heavy (non-hydrogen) atoms. The summed E-state index contributed by atoms with van der Waals surface area (Å²) in [4.78, 5) is 51.8. The first-order valence-electron chi connectivity index (χ1n) is 25.9.